The van der Waals surface area contributed by atoms with Crippen LogP contribution in [-0.4, -0.2) is 57.2 Å². The summed E-state index contributed by atoms with van der Waals surface area (Å²) in [7, 11) is 4.76. The van der Waals surface area contributed by atoms with Crippen LogP contribution in [0.5, 0.6) is 17.4 Å². The molecule has 0 saturated carbocycles. The molecule has 1 aliphatic heterocycles. The number of aromatic nitrogens is 2. The number of nitrogens with zero attached hydrogens (tertiary/aromatic N) is 5. The van der Waals surface area contributed by atoms with Crippen LogP contribution in [0.2, 0.25) is 0 Å². The maximum absolute atomic E-state index is 9.73. The zero-order valence-corrected chi connectivity index (χ0v) is 21.9. The third kappa shape index (κ3) is 4.92. The molecule has 2 aromatic heterocycles. The topological polar surface area (TPSA) is 105 Å². The first-order chi connectivity index (χ1) is 17.6. The van der Waals surface area contributed by atoms with Crippen LogP contribution in [-0.2, 0) is 4.74 Å². The molecule has 1 unspecified atom stereocenters. The SMILES string of the molecule is CCC(C#N)CN(CC1CCOCC1)c1c(OC)nn2c(-c3c(OC)cc(C#N)cc3OC)csc12. The maximum atomic E-state index is 9.73. The highest BCUT2D eigenvalue weighted by Crippen LogP contribution is 2.45. The third-order valence-corrected chi connectivity index (χ3v) is 7.57. The number of nitriles is 2. The Labute approximate surface area is 215 Å². The lowest BCUT2D eigenvalue weighted by atomic mass is 9.98. The molecule has 0 spiro atoms. The molecular weight excluding hydrogens is 478 g/mol. The Morgan fingerprint density at radius 2 is 1.86 bits per heavy atom. The van der Waals surface area contributed by atoms with E-state index in [2.05, 4.69) is 17.0 Å². The molecule has 0 bridgehead atoms. The van der Waals surface area contributed by atoms with E-state index in [9.17, 15) is 10.5 Å². The number of anilines is 1. The Hall–Kier alpha value is -3.47. The van der Waals surface area contributed by atoms with E-state index in [0.717, 1.165) is 55.2 Å². The van der Waals surface area contributed by atoms with E-state index in [0.29, 0.717) is 41.0 Å². The fraction of sp³-hybridized carbons (Fsp3) is 0.500. The summed E-state index contributed by atoms with van der Waals surface area (Å²) in [4.78, 5) is 3.18. The zero-order chi connectivity index (χ0) is 25.7. The lowest BCUT2D eigenvalue weighted by Crippen LogP contribution is -2.35. The minimum Gasteiger partial charge on any atom is -0.496 e. The van der Waals surface area contributed by atoms with E-state index in [4.69, 9.17) is 24.0 Å². The fourth-order valence-corrected chi connectivity index (χ4v) is 5.64. The van der Waals surface area contributed by atoms with Gasteiger partial charge in [0, 0.05) is 31.7 Å². The molecule has 1 atom stereocenters. The number of methoxy groups -OCH3 is 3. The predicted molar refractivity (Wildman–Crippen MR) is 138 cm³/mol. The summed E-state index contributed by atoms with van der Waals surface area (Å²) in [6.45, 7) is 4.96. The fourth-order valence-electron chi connectivity index (χ4n) is 4.63. The highest BCUT2D eigenvalue weighted by molar-refractivity contribution is 7.16. The Morgan fingerprint density at radius 1 is 1.17 bits per heavy atom. The van der Waals surface area contributed by atoms with E-state index in [-0.39, 0.29) is 5.92 Å². The molecule has 0 radical (unpaired) electrons. The highest BCUT2D eigenvalue weighted by Gasteiger charge is 2.29. The number of thiazole rings is 1. The van der Waals surface area contributed by atoms with Gasteiger partial charge in [0.25, 0.3) is 5.88 Å². The molecule has 0 amide bonds. The second-order valence-corrected chi connectivity index (χ2v) is 9.62. The predicted octanol–water partition coefficient (Wildman–Crippen LogP) is 4.74. The first-order valence-corrected chi connectivity index (χ1v) is 12.9. The van der Waals surface area contributed by atoms with Crippen LogP contribution in [0.25, 0.3) is 16.1 Å². The van der Waals surface area contributed by atoms with Gasteiger partial charge in [0.15, 0.2) is 0 Å². The monoisotopic (exact) mass is 509 g/mol. The van der Waals surface area contributed by atoms with Crippen LogP contribution in [0, 0.1) is 34.5 Å². The number of fused-ring (bicyclic) bond motifs is 1. The minimum atomic E-state index is -0.109. The smallest absolute Gasteiger partial charge is 0.258 e. The summed E-state index contributed by atoms with van der Waals surface area (Å²) in [5.41, 5.74) is 2.82. The average molecular weight is 510 g/mol. The van der Waals surface area contributed by atoms with Gasteiger partial charge in [-0.25, -0.2) is 4.52 Å². The molecule has 1 aromatic carbocycles. The van der Waals surface area contributed by atoms with Gasteiger partial charge in [-0.3, -0.25) is 0 Å². The van der Waals surface area contributed by atoms with Gasteiger partial charge in [0.05, 0.1) is 56.2 Å². The molecule has 36 heavy (non-hydrogen) atoms. The van der Waals surface area contributed by atoms with E-state index in [1.165, 1.54) is 0 Å². The number of hydrogen-bond donors (Lipinski definition) is 0. The molecule has 0 N–H and O–H groups in total. The first-order valence-electron chi connectivity index (χ1n) is 12.0. The maximum Gasteiger partial charge on any atom is 0.258 e. The van der Waals surface area contributed by atoms with Crippen LogP contribution >= 0.6 is 11.3 Å². The first kappa shape index (κ1) is 25.6. The average Bonchev–Trinajstić information content (AvgIpc) is 3.49. The van der Waals surface area contributed by atoms with Gasteiger partial charge in [0.2, 0.25) is 0 Å². The molecule has 4 rings (SSSR count). The van der Waals surface area contributed by atoms with Crippen molar-refractivity contribution in [2.24, 2.45) is 11.8 Å². The second kappa shape index (κ2) is 11.5. The molecule has 1 saturated heterocycles. The molecule has 1 fully saturated rings. The van der Waals surface area contributed by atoms with E-state index in [1.807, 2.05) is 16.8 Å². The Balaban J connectivity index is 1.85. The van der Waals surface area contributed by atoms with E-state index < -0.39 is 0 Å². The summed E-state index contributed by atoms with van der Waals surface area (Å²) in [5.74, 6) is 1.91. The quantitative estimate of drug-likeness (QED) is 0.386. The molecular formula is C26H31N5O4S. The normalized spacial score (nSPS) is 14.7. The molecule has 10 heteroatoms. The summed E-state index contributed by atoms with van der Waals surface area (Å²) in [6.07, 6.45) is 2.74. The summed E-state index contributed by atoms with van der Waals surface area (Å²) in [5, 5.41) is 26.0. The molecule has 190 valence electrons. The van der Waals surface area contributed by atoms with Crippen molar-refractivity contribution < 1.29 is 18.9 Å². The Bertz CT molecular complexity index is 1260. The van der Waals surface area contributed by atoms with Crippen LogP contribution < -0.4 is 19.1 Å². The van der Waals surface area contributed by atoms with Gasteiger partial charge in [0.1, 0.15) is 22.0 Å². The van der Waals surface area contributed by atoms with E-state index in [1.54, 1.807) is 44.8 Å². The van der Waals surface area contributed by atoms with Crippen molar-refractivity contribution in [2.75, 3.05) is 52.5 Å². The molecule has 3 heterocycles. The number of hydrogen-bond acceptors (Lipinski definition) is 9. The minimum absolute atomic E-state index is 0.109. The molecule has 0 aliphatic carbocycles. The number of rotatable bonds is 10. The van der Waals surface area contributed by atoms with Gasteiger partial charge >= 0.3 is 0 Å². The standard InChI is InChI=1S/C26H31N5O4S/c1-5-17(12-27)14-30(15-18-6-8-35-9-7-18)24-25(34-4)29-31-20(16-36-26(24)31)23-21(32-2)10-19(13-28)11-22(23)33-3/h10-11,16-18H,5-9,14-15H2,1-4H3. The van der Waals surface area contributed by atoms with Crippen molar-refractivity contribution in [3.8, 4) is 40.8 Å². The van der Waals surface area contributed by atoms with Crippen molar-refractivity contribution in [3.05, 3.63) is 23.1 Å². The van der Waals surface area contributed by atoms with Crippen molar-refractivity contribution in [2.45, 2.75) is 26.2 Å². The van der Waals surface area contributed by atoms with Gasteiger partial charge < -0.3 is 23.8 Å². The lowest BCUT2D eigenvalue weighted by molar-refractivity contribution is 0.0681. The van der Waals surface area contributed by atoms with Crippen molar-refractivity contribution in [1.29, 1.82) is 10.5 Å². The van der Waals surface area contributed by atoms with Gasteiger partial charge in [-0.15, -0.1) is 16.4 Å². The van der Waals surface area contributed by atoms with Crippen LogP contribution in [0.3, 0.4) is 0 Å². The lowest BCUT2D eigenvalue weighted by Gasteiger charge is -2.32. The third-order valence-electron chi connectivity index (χ3n) is 6.63. The zero-order valence-electron chi connectivity index (χ0n) is 21.1. The van der Waals surface area contributed by atoms with Crippen molar-refractivity contribution >= 4 is 21.9 Å². The highest BCUT2D eigenvalue weighted by atomic mass is 32.1. The van der Waals surface area contributed by atoms with Crippen LogP contribution in [0.1, 0.15) is 31.7 Å². The largest absolute Gasteiger partial charge is 0.496 e. The summed E-state index contributed by atoms with van der Waals surface area (Å²) in [6, 6.07) is 7.99. The van der Waals surface area contributed by atoms with Gasteiger partial charge in [-0.05, 0) is 37.3 Å². The van der Waals surface area contributed by atoms with E-state index >= 15 is 0 Å². The number of benzene rings is 1. The Kier molecular flexibility index (Phi) is 8.19. The van der Waals surface area contributed by atoms with Crippen molar-refractivity contribution in [3.63, 3.8) is 0 Å². The second-order valence-electron chi connectivity index (χ2n) is 8.76. The summed E-state index contributed by atoms with van der Waals surface area (Å²) < 4.78 is 24.5. The molecule has 9 nitrogen and oxygen atoms in total. The Morgan fingerprint density at radius 3 is 2.42 bits per heavy atom. The van der Waals surface area contributed by atoms with Crippen LogP contribution in [0.4, 0.5) is 5.69 Å². The van der Waals surface area contributed by atoms with Crippen LogP contribution in [0.15, 0.2) is 17.5 Å². The molecule has 1 aliphatic rings. The summed E-state index contributed by atoms with van der Waals surface area (Å²) >= 11 is 1.55. The molecule has 3 aromatic rings. The van der Waals surface area contributed by atoms with Gasteiger partial charge in [-0.1, -0.05) is 6.92 Å². The number of ether oxygens (including phenoxy) is 4. The van der Waals surface area contributed by atoms with Gasteiger partial charge in [-0.2, -0.15) is 10.5 Å². The van der Waals surface area contributed by atoms with Crippen molar-refractivity contribution in [1.82, 2.24) is 9.61 Å².